The molecule has 0 saturated carbocycles. The van der Waals surface area contributed by atoms with Gasteiger partial charge in [-0.1, -0.05) is 13.3 Å². The fourth-order valence-corrected chi connectivity index (χ4v) is 3.76. The Bertz CT molecular complexity index is 361. The first-order valence-corrected chi connectivity index (χ1v) is 7.07. The third-order valence-electron chi connectivity index (χ3n) is 2.96. The Balaban J connectivity index is 2.86. The molecule has 0 aromatic carbocycles. The molecule has 1 saturated heterocycles. The lowest BCUT2D eigenvalue weighted by Crippen LogP contribution is -2.49. The molecule has 16 heavy (non-hydrogen) atoms. The van der Waals surface area contributed by atoms with Gasteiger partial charge in [-0.2, -0.15) is 22.3 Å². The van der Waals surface area contributed by atoms with Crippen LogP contribution in [0.1, 0.15) is 33.1 Å². The van der Waals surface area contributed by atoms with Crippen LogP contribution in [0.5, 0.6) is 0 Å². The molecule has 1 atom stereocenters. The van der Waals surface area contributed by atoms with Gasteiger partial charge < -0.3 is 0 Å². The highest BCUT2D eigenvalue weighted by Crippen LogP contribution is 2.21. The van der Waals surface area contributed by atoms with Crippen LogP contribution in [0.3, 0.4) is 0 Å². The van der Waals surface area contributed by atoms with E-state index in [4.69, 9.17) is 5.26 Å². The lowest BCUT2D eigenvalue weighted by Gasteiger charge is -2.35. The van der Waals surface area contributed by atoms with Crippen LogP contribution < -0.4 is 0 Å². The molecule has 0 amide bonds. The number of nitrogens with zero attached hydrogens (tertiary/aromatic N) is 3. The van der Waals surface area contributed by atoms with Crippen LogP contribution in [0.4, 0.5) is 0 Å². The number of hydrogen-bond acceptors (Lipinski definition) is 3. The predicted molar refractivity (Wildman–Crippen MR) is 61.8 cm³/mol. The Morgan fingerprint density at radius 1 is 1.50 bits per heavy atom. The van der Waals surface area contributed by atoms with Crippen LogP contribution in [0.15, 0.2) is 0 Å². The summed E-state index contributed by atoms with van der Waals surface area (Å²) < 4.78 is 27.2. The third kappa shape index (κ3) is 2.73. The summed E-state index contributed by atoms with van der Waals surface area (Å²) in [4.78, 5) is 0. The van der Waals surface area contributed by atoms with Gasteiger partial charge in [-0.25, -0.2) is 0 Å². The summed E-state index contributed by atoms with van der Waals surface area (Å²) in [6.07, 6.45) is 2.90. The Morgan fingerprint density at radius 2 is 2.19 bits per heavy atom. The Hall–Kier alpha value is -0.640. The standard InChI is InChI=1S/C10H19N3O2S/c1-3-12(9-7-11)16(14,15)13-8-5-4-6-10(13)2/h10H,3-6,8-9H2,1-2H3. The first-order chi connectivity index (χ1) is 7.54. The maximum absolute atomic E-state index is 12.2. The van der Waals surface area contributed by atoms with Crippen molar-refractivity contribution in [3.8, 4) is 6.07 Å². The van der Waals surface area contributed by atoms with Crippen molar-refractivity contribution >= 4 is 10.2 Å². The van der Waals surface area contributed by atoms with E-state index < -0.39 is 10.2 Å². The summed E-state index contributed by atoms with van der Waals surface area (Å²) in [6, 6.07) is 1.95. The normalized spacial score (nSPS) is 23.2. The summed E-state index contributed by atoms with van der Waals surface area (Å²) in [5.41, 5.74) is 0. The van der Waals surface area contributed by atoms with Crippen LogP contribution >= 0.6 is 0 Å². The van der Waals surface area contributed by atoms with Crippen molar-refractivity contribution in [1.29, 1.82) is 5.26 Å². The summed E-state index contributed by atoms with van der Waals surface area (Å²) in [5, 5.41) is 8.62. The number of hydrogen-bond donors (Lipinski definition) is 0. The van der Waals surface area contributed by atoms with Crippen molar-refractivity contribution in [2.75, 3.05) is 19.6 Å². The van der Waals surface area contributed by atoms with Crippen LogP contribution in [0, 0.1) is 11.3 Å². The first-order valence-electron chi connectivity index (χ1n) is 5.68. The molecule has 0 radical (unpaired) electrons. The third-order valence-corrected chi connectivity index (χ3v) is 5.14. The molecule has 1 unspecified atom stereocenters. The van der Waals surface area contributed by atoms with E-state index >= 15 is 0 Å². The zero-order chi connectivity index (χ0) is 12.2. The van der Waals surface area contributed by atoms with Gasteiger partial charge in [0.25, 0.3) is 10.2 Å². The average Bonchev–Trinajstić information content (AvgIpc) is 2.26. The molecule has 1 aliphatic heterocycles. The quantitative estimate of drug-likeness (QED) is 0.693. The highest BCUT2D eigenvalue weighted by Gasteiger charge is 2.33. The molecule has 0 aromatic heterocycles. The highest BCUT2D eigenvalue weighted by molar-refractivity contribution is 7.86. The molecule has 0 aliphatic carbocycles. The van der Waals surface area contributed by atoms with E-state index in [1.54, 1.807) is 6.92 Å². The minimum Gasteiger partial charge on any atom is -0.197 e. The second-order valence-electron chi connectivity index (χ2n) is 4.05. The first kappa shape index (κ1) is 13.4. The van der Waals surface area contributed by atoms with Crippen LogP contribution in [-0.4, -0.2) is 42.7 Å². The maximum Gasteiger partial charge on any atom is 0.283 e. The van der Waals surface area contributed by atoms with Gasteiger partial charge in [-0.3, -0.25) is 0 Å². The molecule has 1 aliphatic rings. The molecule has 0 bridgehead atoms. The van der Waals surface area contributed by atoms with Gasteiger partial charge in [0.05, 0.1) is 6.07 Å². The van der Waals surface area contributed by atoms with Gasteiger partial charge >= 0.3 is 0 Å². The summed E-state index contributed by atoms with van der Waals surface area (Å²) >= 11 is 0. The van der Waals surface area contributed by atoms with Crippen molar-refractivity contribution in [3.05, 3.63) is 0 Å². The van der Waals surface area contributed by atoms with Gasteiger partial charge in [-0.15, -0.1) is 0 Å². The van der Waals surface area contributed by atoms with Gasteiger partial charge in [0.1, 0.15) is 6.54 Å². The zero-order valence-electron chi connectivity index (χ0n) is 9.89. The summed E-state index contributed by atoms with van der Waals surface area (Å²) in [6.45, 7) is 4.53. The lowest BCUT2D eigenvalue weighted by atomic mass is 10.1. The van der Waals surface area contributed by atoms with E-state index in [-0.39, 0.29) is 12.6 Å². The molecular weight excluding hydrogens is 226 g/mol. The molecule has 0 aromatic rings. The molecule has 1 fully saturated rings. The second-order valence-corrected chi connectivity index (χ2v) is 5.93. The SMILES string of the molecule is CCN(CC#N)S(=O)(=O)N1CCCCC1C. The minimum absolute atomic E-state index is 0.0477. The predicted octanol–water partition coefficient (Wildman–Crippen LogP) is 0.951. The Morgan fingerprint density at radius 3 is 2.69 bits per heavy atom. The van der Waals surface area contributed by atoms with Crippen molar-refractivity contribution < 1.29 is 8.42 Å². The maximum atomic E-state index is 12.2. The van der Waals surface area contributed by atoms with Crippen molar-refractivity contribution in [1.82, 2.24) is 8.61 Å². The van der Waals surface area contributed by atoms with Crippen LogP contribution in [0.25, 0.3) is 0 Å². The molecule has 0 N–H and O–H groups in total. The van der Waals surface area contributed by atoms with Gasteiger partial charge in [0, 0.05) is 19.1 Å². The van der Waals surface area contributed by atoms with Crippen molar-refractivity contribution in [2.24, 2.45) is 0 Å². The van der Waals surface area contributed by atoms with Crippen LogP contribution in [-0.2, 0) is 10.2 Å². The topological polar surface area (TPSA) is 64.4 Å². The molecule has 6 heteroatoms. The summed E-state index contributed by atoms with van der Waals surface area (Å²) in [7, 11) is -3.44. The zero-order valence-corrected chi connectivity index (χ0v) is 10.7. The van der Waals surface area contributed by atoms with E-state index in [2.05, 4.69) is 0 Å². The second kappa shape index (κ2) is 5.62. The minimum atomic E-state index is -3.44. The summed E-state index contributed by atoms with van der Waals surface area (Å²) in [5.74, 6) is 0. The molecule has 1 heterocycles. The van der Waals surface area contributed by atoms with E-state index in [1.807, 2.05) is 13.0 Å². The fourth-order valence-electron chi connectivity index (χ4n) is 2.00. The molecule has 92 valence electrons. The molecular formula is C10H19N3O2S. The molecule has 1 rings (SSSR count). The fraction of sp³-hybridized carbons (Fsp3) is 0.900. The van der Waals surface area contributed by atoms with Gasteiger partial charge in [0.2, 0.25) is 0 Å². The lowest BCUT2D eigenvalue weighted by molar-refractivity contribution is 0.249. The number of rotatable bonds is 4. The number of nitriles is 1. The largest absolute Gasteiger partial charge is 0.283 e. The van der Waals surface area contributed by atoms with Gasteiger partial charge in [0.15, 0.2) is 0 Å². The molecule has 5 nitrogen and oxygen atoms in total. The van der Waals surface area contributed by atoms with Crippen molar-refractivity contribution in [3.63, 3.8) is 0 Å². The smallest absolute Gasteiger partial charge is 0.197 e. The highest BCUT2D eigenvalue weighted by atomic mass is 32.2. The van der Waals surface area contributed by atoms with E-state index in [0.717, 1.165) is 19.3 Å². The van der Waals surface area contributed by atoms with E-state index in [1.165, 1.54) is 8.61 Å². The monoisotopic (exact) mass is 245 g/mol. The number of piperidine rings is 1. The Labute approximate surface area is 97.8 Å². The van der Waals surface area contributed by atoms with E-state index in [9.17, 15) is 8.42 Å². The van der Waals surface area contributed by atoms with Gasteiger partial charge in [-0.05, 0) is 19.8 Å². The van der Waals surface area contributed by atoms with Crippen molar-refractivity contribution in [2.45, 2.75) is 39.2 Å². The van der Waals surface area contributed by atoms with E-state index in [0.29, 0.717) is 13.1 Å². The average molecular weight is 245 g/mol. The van der Waals surface area contributed by atoms with Crippen LogP contribution in [0.2, 0.25) is 0 Å². The Kier molecular flexibility index (Phi) is 4.71. The molecule has 0 spiro atoms.